The zero-order chi connectivity index (χ0) is 51.5. The van der Waals surface area contributed by atoms with Gasteiger partial charge in [0.15, 0.2) is 0 Å². The molecule has 0 aromatic heterocycles. The van der Waals surface area contributed by atoms with Crippen molar-refractivity contribution in [3.05, 3.63) is 155 Å². The second kappa shape index (κ2) is 26.9. The van der Waals surface area contributed by atoms with E-state index in [-0.39, 0.29) is 163 Å². The summed E-state index contributed by atoms with van der Waals surface area (Å²) in [5.74, 6) is -3.52. The van der Waals surface area contributed by atoms with Gasteiger partial charge < -0.3 is 50.1 Å². The molecule has 0 spiro atoms. The molecule has 23 nitrogen and oxygen atoms in total. The van der Waals surface area contributed by atoms with E-state index in [2.05, 4.69) is 31.9 Å². The van der Waals surface area contributed by atoms with Crippen LogP contribution in [0.3, 0.4) is 0 Å². The van der Waals surface area contributed by atoms with Crippen LogP contribution in [0.25, 0.3) is 0 Å². The molecule has 6 aromatic carbocycles. The zero-order valence-electron chi connectivity index (χ0n) is 39.6. The molecule has 0 bridgehead atoms. The second-order valence-corrected chi connectivity index (χ2v) is 20.2. The maximum absolute atomic E-state index is 13.4. The van der Waals surface area contributed by atoms with Crippen molar-refractivity contribution in [1.82, 2.24) is 0 Å². The molecule has 364 valence electrons. The van der Waals surface area contributed by atoms with Gasteiger partial charge in [-0.15, -0.1) is 0 Å². The Morgan fingerprint density at radius 2 is 0.662 bits per heavy atom. The smallest absolute Gasteiger partial charge is 0.744 e. The first-order valence-corrected chi connectivity index (χ1v) is 25.1. The summed E-state index contributed by atoms with van der Waals surface area (Å²) in [4.78, 5) is 62.3. The Kier molecular flexibility index (Phi) is 24.1. The quantitative estimate of drug-likeness (QED) is 0.0436. The number of rotatable bonds is 14. The van der Waals surface area contributed by atoms with Gasteiger partial charge >= 0.3 is 124 Å². The molecule has 0 atom stereocenters. The first-order chi connectivity index (χ1) is 32.6. The van der Waals surface area contributed by atoms with E-state index in [0.29, 0.717) is 47.5 Å². The minimum Gasteiger partial charge on any atom is -0.744 e. The van der Waals surface area contributed by atoms with Gasteiger partial charge in [-0.1, -0.05) is 24.3 Å². The van der Waals surface area contributed by atoms with Crippen molar-refractivity contribution < 1.29 is 194 Å². The predicted molar refractivity (Wildman–Crippen MR) is 244 cm³/mol. The van der Waals surface area contributed by atoms with Crippen LogP contribution in [0.4, 0.5) is 38.9 Å². The first-order valence-electron chi connectivity index (χ1n) is 19.4. The summed E-state index contributed by atoms with van der Waals surface area (Å²) in [6, 6.07) is 21.6. The number of hydrogen-bond donors (Lipinski definition) is 6. The third-order valence-corrected chi connectivity index (χ3v) is 13.2. The average molecular weight is 1120 g/mol. The maximum Gasteiger partial charge on any atom is 1.00 e. The molecule has 0 radical (unpaired) electrons. The van der Waals surface area contributed by atoms with Gasteiger partial charge in [-0.2, -0.15) is 0 Å². The number of anilines is 6. The van der Waals surface area contributed by atoms with E-state index in [1.807, 2.05) is 0 Å². The minimum absolute atomic E-state index is 0. The van der Waals surface area contributed by atoms with Gasteiger partial charge in [-0.3, -0.25) is 19.2 Å². The zero-order valence-corrected chi connectivity index (χ0v) is 50.9. The van der Waals surface area contributed by atoms with E-state index in [9.17, 15) is 75.9 Å². The summed E-state index contributed by atoms with van der Waals surface area (Å²) in [6.45, 7) is 3.16. The molecule has 0 heterocycles. The Balaban J connectivity index is 0.00000469. The summed E-state index contributed by atoms with van der Waals surface area (Å²) >= 11 is 0. The topological polar surface area (TPSA) is 386 Å². The second-order valence-electron chi connectivity index (χ2n) is 14.7. The Hall–Kier alpha value is -3.89. The van der Waals surface area contributed by atoms with E-state index < -0.39 is 101 Å². The SMILES string of the molecule is Cc1ccc(C(=O)Nc2cc(S(=O)(=O)[O-])ccc2S(=O)(=O)[O-])cc1NC(=O)c1cccc(NC(=O)Nc2cccc(C(=O)Nc3cc(C(=O)Nc4cc(S(=O)(=O)[O-])ccc4S(=O)(=O)[O-])ccc3C)c2)c1.[Na+].[Na+].[Na+].[Na+]. The Labute approximate surface area is 512 Å². The Morgan fingerprint density at radius 1 is 0.351 bits per heavy atom. The Morgan fingerprint density at radius 3 is 0.973 bits per heavy atom. The van der Waals surface area contributed by atoms with Crippen LogP contribution in [0.2, 0.25) is 0 Å². The van der Waals surface area contributed by atoms with Crippen LogP contribution in [0, 0.1) is 13.8 Å². The summed E-state index contributed by atoms with van der Waals surface area (Å²) < 4.78 is 140. The van der Waals surface area contributed by atoms with Crippen LogP contribution in [-0.4, -0.2) is 81.5 Å². The number of nitrogens with one attached hydrogen (secondary N) is 6. The van der Waals surface area contributed by atoms with E-state index in [1.165, 1.54) is 84.9 Å². The first kappa shape index (κ1) is 66.2. The summed E-state index contributed by atoms with van der Waals surface area (Å²) in [6.07, 6.45) is 0. The van der Waals surface area contributed by atoms with Gasteiger partial charge in [0.1, 0.15) is 40.5 Å². The predicted octanol–water partition coefficient (Wildman–Crippen LogP) is -7.41. The molecule has 0 saturated carbocycles. The molecule has 0 aliphatic heterocycles. The van der Waals surface area contributed by atoms with Crippen molar-refractivity contribution in [2.75, 3.05) is 31.9 Å². The fraction of sp³-hybridized carbons (Fsp3) is 0.0465. The third kappa shape index (κ3) is 17.6. The van der Waals surface area contributed by atoms with Crippen molar-refractivity contribution in [2.45, 2.75) is 33.4 Å². The van der Waals surface area contributed by atoms with Gasteiger partial charge in [0, 0.05) is 45.0 Å². The molecule has 0 unspecified atom stereocenters. The molecular weight excluding hydrogens is 1090 g/mol. The normalized spacial score (nSPS) is 11.1. The summed E-state index contributed by atoms with van der Waals surface area (Å²) in [5.41, 5.74) is -0.544. The van der Waals surface area contributed by atoms with Gasteiger partial charge in [0.05, 0.1) is 31.0 Å². The van der Waals surface area contributed by atoms with E-state index in [1.54, 1.807) is 13.8 Å². The molecule has 0 aliphatic rings. The van der Waals surface area contributed by atoms with Crippen LogP contribution in [0.1, 0.15) is 52.6 Å². The molecule has 6 N–H and O–H groups in total. The van der Waals surface area contributed by atoms with Crippen LogP contribution in [0.5, 0.6) is 0 Å². The fourth-order valence-electron chi connectivity index (χ4n) is 6.30. The van der Waals surface area contributed by atoms with Crippen molar-refractivity contribution in [3.63, 3.8) is 0 Å². The summed E-state index contributed by atoms with van der Waals surface area (Å²) in [7, 11) is -20.7. The van der Waals surface area contributed by atoms with Crippen LogP contribution in [0.15, 0.2) is 141 Å². The number of amides is 6. The number of aryl methyl sites for hydroxylation is 2. The van der Waals surface area contributed by atoms with Gasteiger partial charge in [-0.25, -0.2) is 38.5 Å². The molecule has 6 amide bonds. The van der Waals surface area contributed by atoms with Crippen molar-refractivity contribution in [3.8, 4) is 0 Å². The average Bonchev–Trinajstić information content (AvgIpc) is 3.26. The molecule has 0 aliphatic carbocycles. The molecule has 0 saturated heterocycles. The van der Waals surface area contributed by atoms with Gasteiger partial charge in [-0.05, 0) is 122 Å². The number of carbonyl (C=O) groups excluding carboxylic acids is 5. The van der Waals surface area contributed by atoms with Crippen LogP contribution in [-0.2, 0) is 40.5 Å². The largest absolute Gasteiger partial charge is 1.00 e. The van der Waals surface area contributed by atoms with Crippen LogP contribution < -0.4 is 150 Å². The minimum atomic E-state index is -5.25. The van der Waals surface area contributed by atoms with Gasteiger partial charge in [0.2, 0.25) is 0 Å². The number of benzene rings is 6. The van der Waals surface area contributed by atoms with Crippen LogP contribution >= 0.6 is 0 Å². The molecule has 6 rings (SSSR count). The van der Waals surface area contributed by atoms with Crippen molar-refractivity contribution in [1.29, 1.82) is 0 Å². The monoisotopic (exact) mass is 1120 g/mol. The number of carbonyl (C=O) groups is 5. The van der Waals surface area contributed by atoms with Crippen molar-refractivity contribution >= 4 is 104 Å². The maximum atomic E-state index is 13.4. The molecule has 74 heavy (non-hydrogen) atoms. The standard InChI is InChI=1S/C43H36N6O17S4.4Na/c1-23-9-11-27(41(52)48-35-21-31(67(55,56)57)13-15-37(35)69(61,62)63)19-33(23)46-39(50)25-5-3-7-29(17-25)44-43(54)45-30-8-4-6-26(18-30)40(51)47-34-20-28(12-10-24(34)2)42(53)49-36-22-32(68(58,59)60)14-16-38(36)70(64,65)66;;;;/h3-22H,1-2H3,(H,46,50)(H,47,51)(H,48,52)(H,49,53)(H2,44,45,54)(H,55,56,57)(H,58,59,60)(H,61,62,63)(H,64,65,66);;;;/q;4*+1/p-4. The molecule has 6 aromatic rings. The Bertz CT molecular complexity index is 3430. The van der Waals surface area contributed by atoms with Gasteiger partial charge in [0.25, 0.3) is 23.6 Å². The van der Waals surface area contributed by atoms with E-state index in [4.69, 9.17) is 0 Å². The van der Waals surface area contributed by atoms with E-state index in [0.717, 1.165) is 0 Å². The molecule has 31 heteroatoms. The number of urea groups is 1. The number of hydrogen-bond acceptors (Lipinski definition) is 17. The van der Waals surface area contributed by atoms with E-state index >= 15 is 0 Å². The third-order valence-electron chi connectivity index (χ3n) is 9.78. The molecular formula is C43H32N6Na4O17S4. The fourth-order valence-corrected chi connectivity index (χ4v) is 8.53. The molecule has 0 fully saturated rings. The van der Waals surface area contributed by atoms with Crippen molar-refractivity contribution in [2.24, 2.45) is 0 Å². The summed E-state index contributed by atoms with van der Waals surface area (Å²) in [5, 5.41) is 14.5.